The first-order valence-electron chi connectivity index (χ1n) is 6.11. The standard InChI is InChI=1S/C12H25NO2/c1-3-12(2)5-4-6-13(11-12)7-9-15-10-8-14/h14H,3-11H2,1-2H3. The molecule has 0 amide bonds. The van der Waals surface area contributed by atoms with Crippen LogP contribution in [0.3, 0.4) is 0 Å². The number of piperidine rings is 1. The second kappa shape index (κ2) is 6.46. The van der Waals surface area contributed by atoms with Crippen molar-refractivity contribution in [3.05, 3.63) is 0 Å². The summed E-state index contributed by atoms with van der Waals surface area (Å²) in [7, 11) is 0. The van der Waals surface area contributed by atoms with Crippen molar-refractivity contribution in [1.82, 2.24) is 4.90 Å². The Labute approximate surface area is 93.4 Å². The monoisotopic (exact) mass is 215 g/mol. The van der Waals surface area contributed by atoms with E-state index in [0.717, 1.165) is 13.2 Å². The predicted molar refractivity (Wildman–Crippen MR) is 62.0 cm³/mol. The molecule has 0 aromatic rings. The van der Waals surface area contributed by atoms with Gasteiger partial charge in [-0.05, 0) is 31.2 Å². The van der Waals surface area contributed by atoms with Gasteiger partial charge in [-0.1, -0.05) is 13.8 Å². The third-order valence-electron chi connectivity index (χ3n) is 3.50. The number of hydrogen-bond donors (Lipinski definition) is 1. The van der Waals surface area contributed by atoms with Gasteiger partial charge in [0.2, 0.25) is 0 Å². The lowest BCUT2D eigenvalue weighted by Crippen LogP contribution is -2.42. The minimum Gasteiger partial charge on any atom is -0.394 e. The second-order valence-corrected chi connectivity index (χ2v) is 4.88. The van der Waals surface area contributed by atoms with E-state index in [0.29, 0.717) is 12.0 Å². The van der Waals surface area contributed by atoms with Crippen LogP contribution in [0, 0.1) is 5.41 Å². The van der Waals surface area contributed by atoms with Crippen LogP contribution in [-0.4, -0.2) is 49.5 Å². The van der Waals surface area contributed by atoms with Gasteiger partial charge in [-0.15, -0.1) is 0 Å². The van der Waals surface area contributed by atoms with E-state index in [-0.39, 0.29) is 6.61 Å². The lowest BCUT2D eigenvalue weighted by Gasteiger charge is -2.40. The van der Waals surface area contributed by atoms with Gasteiger partial charge in [0.25, 0.3) is 0 Å². The fraction of sp³-hybridized carbons (Fsp3) is 1.00. The summed E-state index contributed by atoms with van der Waals surface area (Å²) >= 11 is 0. The van der Waals surface area contributed by atoms with Gasteiger partial charge in [-0.3, -0.25) is 0 Å². The first-order valence-corrected chi connectivity index (χ1v) is 6.11. The van der Waals surface area contributed by atoms with Gasteiger partial charge in [0, 0.05) is 13.1 Å². The SMILES string of the molecule is CCC1(C)CCCN(CCOCCO)C1. The average molecular weight is 215 g/mol. The summed E-state index contributed by atoms with van der Waals surface area (Å²) in [4.78, 5) is 2.49. The minimum absolute atomic E-state index is 0.132. The first-order chi connectivity index (χ1) is 7.20. The quantitative estimate of drug-likeness (QED) is 0.682. The Morgan fingerprint density at radius 3 is 2.87 bits per heavy atom. The van der Waals surface area contributed by atoms with Crippen LogP contribution in [-0.2, 0) is 4.74 Å². The highest BCUT2D eigenvalue weighted by molar-refractivity contribution is 4.82. The summed E-state index contributed by atoms with van der Waals surface area (Å²) in [5.74, 6) is 0. The molecule has 1 saturated heterocycles. The maximum absolute atomic E-state index is 8.59. The van der Waals surface area contributed by atoms with Crippen LogP contribution in [0.25, 0.3) is 0 Å². The Morgan fingerprint density at radius 2 is 2.20 bits per heavy atom. The topological polar surface area (TPSA) is 32.7 Å². The van der Waals surface area contributed by atoms with E-state index >= 15 is 0 Å². The van der Waals surface area contributed by atoms with E-state index in [1.807, 2.05) is 0 Å². The molecule has 1 atom stereocenters. The number of rotatable bonds is 6. The number of nitrogens with zero attached hydrogens (tertiary/aromatic N) is 1. The third kappa shape index (κ3) is 4.49. The second-order valence-electron chi connectivity index (χ2n) is 4.88. The Hall–Kier alpha value is -0.120. The van der Waals surface area contributed by atoms with Gasteiger partial charge in [-0.25, -0.2) is 0 Å². The van der Waals surface area contributed by atoms with Gasteiger partial charge in [0.1, 0.15) is 0 Å². The molecule has 1 aliphatic rings. The number of likely N-dealkylation sites (tertiary alicyclic amines) is 1. The molecule has 1 unspecified atom stereocenters. The molecule has 0 radical (unpaired) electrons. The highest BCUT2D eigenvalue weighted by Crippen LogP contribution is 2.32. The molecule has 1 fully saturated rings. The van der Waals surface area contributed by atoms with E-state index in [9.17, 15) is 0 Å². The van der Waals surface area contributed by atoms with E-state index in [4.69, 9.17) is 9.84 Å². The van der Waals surface area contributed by atoms with Crippen molar-refractivity contribution in [1.29, 1.82) is 0 Å². The van der Waals surface area contributed by atoms with Gasteiger partial charge < -0.3 is 14.7 Å². The molecule has 0 bridgehead atoms. The third-order valence-corrected chi connectivity index (χ3v) is 3.50. The molecule has 3 heteroatoms. The van der Waals surface area contributed by atoms with Crippen LogP contribution in [0.2, 0.25) is 0 Å². The summed E-state index contributed by atoms with van der Waals surface area (Å²) in [6.07, 6.45) is 3.93. The molecule has 15 heavy (non-hydrogen) atoms. The average Bonchev–Trinajstić information content (AvgIpc) is 2.25. The van der Waals surface area contributed by atoms with Gasteiger partial charge in [0.05, 0.1) is 19.8 Å². The molecule has 90 valence electrons. The fourth-order valence-corrected chi connectivity index (χ4v) is 2.27. The van der Waals surface area contributed by atoms with Crippen LogP contribution >= 0.6 is 0 Å². The van der Waals surface area contributed by atoms with Gasteiger partial charge in [0.15, 0.2) is 0 Å². The van der Waals surface area contributed by atoms with Crippen LogP contribution in [0.5, 0.6) is 0 Å². The molecule has 0 aliphatic carbocycles. The summed E-state index contributed by atoms with van der Waals surface area (Å²) in [6.45, 7) is 9.44. The summed E-state index contributed by atoms with van der Waals surface area (Å²) in [5.41, 5.74) is 0.509. The van der Waals surface area contributed by atoms with Crippen LogP contribution in [0.15, 0.2) is 0 Å². The zero-order valence-electron chi connectivity index (χ0n) is 10.2. The summed E-state index contributed by atoms with van der Waals surface area (Å²) in [6, 6.07) is 0. The molecule has 1 N–H and O–H groups in total. The van der Waals surface area contributed by atoms with Crippen LogP contribution in [0.1, 0.15) is 33.1 Å². The maximum Gasteiger partial charge on any atom is 0.0698 e. The van der Waals surface area contributed by atoms with Gasteiger partial charge in [-0.2, -0.15) is 0 Å². The summed E-state index contributed by atoms with van der Waals surface area (Å²) < 4.78 is 5.30. The van der Waals surface area contributed by atoms with Crippen molar-refractivity contribution in [2.24, 2.45) is 5.41 Å². The van der Waals surface area contributed by atoms with Crippen LogP contribution in [0.4, 0.5) is 0 Å². The Kier molecular flexibility index (Phi) is 5.58. The van der Waals surface area contributed by atoms with E-state index in [1.54, 1.807) is 0 Å². The summed E-state index contributed by atoms with van der Waals surface area (Å²) in [5, 5.41) is 8.59. The molecule has 0 aromatic heterocycles. The smallest absolute Gasteiger partial charge is 0.0698 e. The largest absolute Gasteiger partial charge is 0.394 e. The highest BCUT2D eigenvalue weighted by atomic mass is 16.5. The Balaban J connectivity index is 2.18. The molecule has 1 heterocycles. The van der Waals surface area contributed by atoms with Gasteiger partial charge >= 0.3 is 0 Å². The molecule has 1 aliphatic heterocycles. The first kappa shape index (κ1) is 12.9. The molecular weight excluding hydrogens is 190 g/mol. The molecule has 0 saturated carbocycles. The molecule has 3 nitrogen and oxygen atoms in total. The minimum atomic E-state index is 0.132. The van der Waals surface area contributed by atoms with Crippen LogP contribution < -0.4 is 0 Å². The van der Waals surface area contributed by atoms with E-state index < -0.39 is 0 Å². The van der Waals surface area contributed by atoms with Crippen molar-refractivity contribution >= 4 is 0 Å². The lowest BCUT2D eigenvalue weighted by molar-refractivity contribution is 0.0442. The van der Waals surface area contributed by atoms with Crippen molar-refractivity contribution in [3.63, 3.8) is 0 Å². The van der Waals surface area contributed by atoms with E-state index in [1.165, 1.54) is 32.4 Å². The van der Waals surface area contributed by atoms with Crippen molar-refractivity contribution < 1.29 is 9.84 Å². The predicted octanol–water partition coefficient (Wildman–Crippen LogP) is 1.51. The fourth-order valence-electron chi connectivity index (χ4n) is 2.27. The van der Waals surface area contributed by atoms with Crippen molar-refractivity contribution in [3.8, 4) is 0 Å². The molecule has 0 aromatic carbocycles. The van der Waals surface area contributed by atoms with E-state index in [2.05, 4.69) is 18.7 Å². The zero-order valence-corrected chi connectivity index (χ0v) is 10.2. The highest BCUT2D eigenvalue weighted by Gasteiger charge is 2.28. The normalized spacial score (nSPS) is 28.2. The Bertz CT molecular complexity index is 175. The number of aliphatic hydroxyl groups excluding tert-OH is 1. The zero-order chi connectivity index (χ0) is 11.1. The molecule has 1 rings (SSSR count). The van der Waals surface area contributed by atoms with Crippen molar-refractivity contribution in [2.45, 2.75) is 33.1 Å². The number of aliphatic hydroxyl groups is 1. The number of ether oxygens (including phenoxy) is 1. The molecular formula is C12H25NO2. The molecule has 0 spiro atoms. The lowest BCUT2D eigenvalue weighted by atomic mass is 9.80. The number of hydrogen-bond acceptors (Lipinski definition) is 3. The maximum atomic E-state index is 8.59. The Morgan fingerprint density at radius 1 is 1.40 bits per heavy atom. The van der Waals surface area contributed by atoms with Crippen molar-refractivity contribution in [2.75, 3.05) is 39.5 Å².